The van der Waals surface area contributed by atoms with Gasteiger partial charge in [0.15, 0.2) is 5.65 Å². The van der Waals surface area contributed by atoms with Gasteiger partial charge in [-0.3, -0.25) is 9.36 Å². The first-order valence-corrected chi connectivity index (χ1v) is 9.00. The first-order valence-electron chi connectivity index (χ1n) is 9.00. The molecule has 0 atom stereocenters. The smallest absolute Gasteiger partial charge is 0.405 e. The fourth-order valence-corrected chi connectivity index (χ4v) is 2.88. The van der Waals surface area contributed by atoms with Gasteiger partial charge in [0.05, 0.1) is 12.8 Å². The van der Waals surface area contributed by atoms with Crippen LogP contribution in [0, 0.1) is 0 Å². The van der Waals surface area contributed by atoms with Crippen molar-refractivity contribution in [2.45, 2.75) is 6.18 Å². The molecule has 3 rings (SSSR count). The first-order chi connectivity index (χ1) is 14.8. The lowest BCUT2D eigenvalue weighted by Gasteiger charge is -2.15. The molecule has 0 saturated heterocycles. The number of pyridine rings is 1. The Labute approximate surface area is 174 Å². The molecule has 3 aromatic rings. The highest BCUT2D eigenvalue weighted by Crippen LogP contribution is 2.22. The summed E-state index contributed by atoms with van der Waals surface area (Å²) in [5, 5.41) is 14.8. The van der Waals surface area contributed by atoms with Crippen LogP contribution in [-0.2, 0) is 0 Å². The molecule has 2 aromatic heterocycles. The van der Waals surface area contributed by atoms with E-state index >= 15 is 0 Å². The molecule has 11 heteroatoms. The van der Waals surface area contributed by atoms with Crippen LogP contribution in [0.3, 0.4) is 0 Å². The van der Waals surface area contributed by atoms with Gasteiger partial charge >= 0.3 is 6.18 Å². The summed E-state index contributed by atoms with van der Waals surface area (Å²) in [7, 11) is 3.10. The molecule has 2 heterocycles. The van der Waals surface area contributed by atoms with E-state index in [0.29, 0.717) is 16.8 Å². The van der Waals surface area contributed by atoms with E-state index in [9.17, 15) is 23.4 Å². The van der Waals surface area contributed by atoms with E-state index in [2.05, 4.69) is 20.6 Å². The zero-order chi connectivity index (χ0) is 22.6. The molecule has 0 aliphatic heterocycles. The molecular formula is C20H18F3N6O2-. The third-order valence-corrected chi connectivity index (χ3v) is 4.27. The van der Waals surface area contributed by atoms with Crippen LogP contribution in [0.1, 0.15) is 5.56 Å². The summed E-state index contributed by atoms with van der Waals surface area (Å²) >= 11 is 0. The molecule has 162 valence electrons. The van der Waals surface area contributed by atoms with Gasteiger partial charge in [-0.05, 0) is 35.9 Å². The van der Waals surface area contributed by atoms with E-state index < -0.39 is 18.3 Å². The van der Waals surface area contributed by atoms with Crippen molar-refractivity contribution in [1.29, 1.82) is 0 Å². The van der Waals surface area contributed by atoms with Crippen LogP contribution in [0.15, 0.2) is 47.5 Å². The van der Waals surface area contributed by atoms with Crippen LogP contribution in [0.4, 0.5) is 19.1 Å². The first kappa shape index (κ1) is 21.8. The summed E-state index contributed by atoms with van der Waals surface area (Å²) in [5.41, 5.74) is 0.306. The number of aromatic nitrogens is 3. The molecule has 8 nitrogen and oxygen atoms in total. The molecule has 0 spiro atoms. The standard InChI is InChI=1S/C20H18F3N6O2/c1-25-9-13(8-24)16-7-12-10-26-19(27-11-20(21,22)23)28-17(12)29(18(16)30)14-3-5-15(31-2)6-4-14/h3-10,25H,11H2,1-2H3,(H,26,27,28)/q-1/b13-9+. The molecule has 0 amide bonds. The Hall–Kier alpha value is -3.89. The SMILES string of the molecule is CN/C=C(\C=[N-])c1cc2cnc(NCC(F)(F)F)nc2n(-c2ccc(OC)cc2)c1=O. The summed E-state index contributed by atoms with van der Waals surface area (Å²) < 4.78 is 44.1. The number of alkyl halides is 3. The summed E-state index contributed by atoms with van der Waals surface area (Å²) in [6, 6.07) is 7.94. The predicted octanol–water partition coefficient (Wildman–Crippen LogP) is 2.96. The molecular weight excluding hydrogens is 413 g/mol. The molecule has 0 radical (unpaired) electrons. The maximum atomic E-state index is 13.3. The maximum absolute atomic E-state index is 13.3. The van der Waals surface area contributed by atoms with Crippen molar-refractivity contribution in [2.24, 2.45) is 0 Å². The molecule has 2 N–H and O–H groups in total. The largest absolute Gasteiger partial charge is 0.810 e. The highest BCUT2D eigenvalue weighted by Gasteiger charge is 2.27. The minimum atomic E-state index is -4.46. The number of rotatable bonds is 7. The van der Waals surface area contributed by atoms with Gasteiger partial charge in [0.2, 0.25) is 5.95 Å². The molecule has 0 aliphatic rings. The number of allylic oxidation sites excluding steroid dienone is 1. The summed E-state index contributed by atoms with van der Waals surface area (Å²) in [5.74, 6) is 0.276. The molecule has 1 aromatic carbocycles. The Morgan fingerprint density at radius 1 is 1.29 bits per heavy atom. The van der Waals surface area contributed by atoms with E-state index in [1.165, 1.54) is 30.1 Å². The Bertz CT molecular complexity index is 1190. The summed E-state index contributed by atoms with van der Waals surface area (Å²) in [4.78, 5) is 21.4. The van der Waals surface area contributed by atoms with E-state index in [1.807, 2.05) is 0 Å². The number of hydrogen-bond acceptors (Lipinski definition) is 6. The van der Waals surface area contributed by atoms with Crippen molar-refractivity contribution in [3.63, 3.8) is 0 Å². The van der Waals surface area contributed by atoms with Gasteiger partial charge in [-0.1, -0.05) is 0 Å². The van der Waals surface area contributed by atoms with Gasteiger partial charge in [-0.15, -0.1) is 0 Å². The monoisotopic (exact) mass is 431 g/mol. The lowest BCUT2D eigenvalue weighted by Crippen LogP contribution is -2.25. The Morgan fingerprint density at radius 2 is 2.00 bits per heavy atom. The number of nitrogens with zero attached hydrogens (tertiary/aromatic N) is 4. The minimum Gasteiger partial charge on any atom is -0.810 e. The average Bonchev–Trinajstić information content (AvgIpc) is 2.75. The van der Waals surface area contributed by atoms with E-state index in [1.54, 1.807) is 31.3 Å². The lowest BCUT2D eigenvalue weighted by atomic mass is 10.1. The van der Waals surface area contributed by atoms with Crippen molar-refractivity contribution in [3.8, 4) is 11.4 Å². The lowest BCUT2D eigenvalue weighted by molar-refractivity contribution is -0.115. The van der Waals surface area contributed by atoms with Gasteiger partial charge in [-0.2, -0.15) is 24.4 Å². The Morgan fingerprint density at radius 3 is 2.58 bits per heavy atom. The number of halogens is 3. The topological polar surface area (TPSA) is 103 Å². The van der Waals surface area contributed by atoms with Crippen molar-refractivity contribution in [2.75, 3.05) is 26.0 Å². The normalized spacial score (nSPS) is 12.0. The van der Waals surface area contributed by atoms with Crippen LogP contribution in [-0.4, -0.2) is 47.6 Å². The van der Waals surface area contributed by atoms with Crippen molar-refractivity contribution < 1.29 is 17.9 Å². The van der Waals surface area contributed by atoms with Crippen LogP contribution in [0.5, 0.6) is 5.75 Å². The highest BCUT2D eigenvalue weighted by atomic mass is 19.4. The zero-order valence-electron chi connectivity index (χ0n) is 16.6. The minimum absolute atomic E-state index is 0.0975. The number of benzene rings is 1. The molecule has 0 saturated carbocycles. The van der Waals surface area contributed by atoms with E-state index in [-0.39, 0.29) is 22.7 Å². The predicted molar refractivity (Wildman–Crippen MR) is 113 cm³/mol. The van der Waals surface area contributed by atoms with Gasteiger partial charge in [0.25, 0.3) is 5.56 Å². The van der Waals surface area contributed by atoms with Gasteiger partial charge < -0.3 is 20.8 Å². The van der Waals surface area contributed by atoms with Crippen LogP contribution >= 0.6 is 0 Å². The van der Waals surface area contributed by atoms with Gasteiger partial charge in [0.1, 0.15) is 12.3 Å². The van der Waals surface area contributed by atoms with Crippen LogP contribution < -0.4 is 20.9 Å². The average molecular weight is 431 g/mol. The number of methoxy groups -OCH3 is 1. The highest BCUT2D eigenvalue weighted by molar-refractivity contribution is 6.11. The van der Waals surface area contributed by atoms with Crippen LogP contribution in [0.25, 0.3) is 27.7 Å². The Kier molecular flexibility index (Phi) is 6.23. The second-order valence-corrected chi connectivity index (χ2v) is 6.36. The quantitative estimate of drug-likeness (QED) is 0.558. The van der Waals surface area contributed by atoms with Crippen LogP contribution in [0.2, 0.25) is 0 Å². The van der Waals surface area contributed by atoms with E-state index in [0.717, 1.165) is 6.21 Å². The Balaban J connectivity index is 2.27. The zero-order valence-corrected chi connectivity index (χ0v) is 16.6. The second kappa shape index (κ2) is 8.86. The number of fused-ring (bicyclic) bond motifs is 1. The summed E-state index contributed by atoms with van der Waals surface area (Å²) in [6.07, 6.45) is -0.946. The van der Waals surface area contributed by atoms with Crippen molar-refractivity contribution >= 4 is 28.8 Å². The number of ether oxygens (including phenoxy) is 1. The third kappa shape index (κ3) is 4.82. The number of anilines is 1. The van der Waals surface area contributed by atoms with Gasteiger partial charge in [0, 0.05) is 30.4 Å². The van der Waals surface area contributed by atoms with E-state index in [4.69, 9.17) is 4.74 Å². The molecule has 0 aliphatic carbocycles. The van der Waals surface area contributed by atoms with Gasteiger partial charge in [-0.25, -0.2) is 4.98 Å². The number of nitrogens with one attached hydrogen (secondary N) is 2. The number of hydrogen-bond donors (Lipinski definition) is 2. The maximum Gasteiger partial charge on any atom is 0.405 e. The fraction of sp³-hybridized carbons (Fsp3) is 0.200. The third-order valence-electron chi connectivity index (χ3n) is 4.27. The molecule has 31 heavy (non-hydrogen) atoms. The molecule has 0 unspecified atom stereocenters. The fourth-order valence-electron chi connectivity index (χ4n) is 2.88. The second-order valence-electron chi connectivity index (χ2n) is 6.36. The van der Waals surface area contributed by atoms with Crippen molar-refractivity contribution in [3.05, 3.63) is 64.1 Å². The van der Waals surface area contributed by atoms with Crippen molar-refractivity contribution in [1.82, 2.24) is 19.9 Å². The molecule has 0 fully saturated rings. The summed E-state index contributed by atoms with van der Waals surface area (Å²) in [6.45, 7) is -1.32. The molecule has 0 bridgehead atoms.